The fraction of sp³-hybridized carbons (Fsp3) is 0.345. The third-order valence-electron chi connectivity index (χ3n) is 7.42. The molecular weight excluding hydrogens is 468 g/mol. The Morgan fingerprint density at radius 3 is 2.30 bits per heavy atom. The second-order valence-electron chi connectivity index (χ2n) is 9.79. The minimum absolute atomic E-state index is 0.00278. The molecule has 0 bridgehead atoms. The molecule has 6 rings (SSSR count). The van der Waals surface area contributed by atoms with E-state index >= 15 is 0 Å². The number of rotatable bonds is 5. The number of hydrogen-bond acceptors (Lipinski definition) is 6. The molecule has 2 aromatic carbocycles. The van der Waals surface area contributed by atoms with Gasteiger partial charge in [-0.05, 0) is 34.9 Å². The van der Waals surface area contributed by atoms with Crippen molar-refractivity contribution in [1.29, 1.82) is 0 Å². The number of hydrogen-bond donors (Lipinski definition) is 1. The van der Waals surface area contributed by atoms with Crippen molar-refractivity contribution in [1.82, 2.24) is 14.8 Å². The van der Waals surface area contributed by atoms with E-state index in [0.717, 1.165) is 60.8 Å². The lowest BCUT2D eigenvalue weighted by molar-refractivity contribution is 0.0303. The number of ether oxygens (including phenoxy) is 2. The van der Waals surface area contributed by atoms with Gasteiger partial charge in [0.2, 0.25) is 5.91 Å². The van der Waals surface area contributed by atoms with E-state index in [0.29, 0.717) is 49.5 Å². The summed E-state index contributed by atoms with van der Waals surface area (Å²) in [5, 5.41) is 0. The van der Waals surface area contributed by atoms with Crippen molar-refractivity contribution >= 4 is 11.8 Å². The third kappa shape index (κ3) is 4.75. The first-order chi connectivity index (χ1) is 18.1. The van der Waals surface area contributed by atoms with Gasteiger partial charge >= 0.3 is 0 Å². The Kier molecular flexibility index (Phi) is 6.46. The van der Waals surface area contributed by atoms with Gasteiger partial charge in [0.05, 0.1) is 37.8 Å². The average molecular weight is 499 g/mol. The van der Waals surface area contributed by atoms with Crippen molar-refractivity contribution in [3.05, 3.63) is 76.3 Å². The van der Waals surface area contributed by atoms with E-state index in [9.17, 15) is 9.59 Å². The van der Waals surface area contributed by atoms with Crippen LogP contribution in [0.15, 0.2) is 48.5 Å². The molecule has 1 aromatic heterocycles. The molecule has 0 saturated carbocycles. The zero-order valence-corrected chi connectivity index (χ0v) is 20.7. The van der Waals surface area contributed by atoms with E-state index in [2.05, 4.69) is 29.2 Å². The highest BCUT2D eigenvalue weighted by molar-refractivity contribution is 6.00. The molecule has 2 amide bonds. The van der Waals surface area contributed by atoms with Crippen molar-refractivity contribution in [3.8, 4) is 22.5 Å². The summed E-state index contributed by atoms with van der Waals surface area (Å²) in [7, 11) is 0. The van der Waals surface area contributed by atoms with Gasteiger partial charge in [0.15, 0.2) is 0 Å². The number of aromatic nitrogens is 1. The van der Waals surface area contributed by atoms with Gasteiger partial charge in [-0.3, -0.25) is 14.5 Å². The second-order valence-corrected chi connectivity index (χ2v) is 9.79. The Morgan fingerprint density at radius 2 is 1.59 bits per heavy atom. The molecule has 2 fully saturated rings. The maximum atomic E-state index is 13.0. The Hall–Kier alpha value is -3.59. The fourth-order valence-electron chi connectivity index (χ4n) is 5.38. The molecule has 8 heteroatoms. The van der Waals surface area contributed by atoms with Crippen molar-refractivity contribution < 1.29 is 19.1 Å². The summed E-state index contributed by atoms with van der Waals surface area (Å²) < 4.78 is 10.8. The lowest BCUT2D eigenvalue weighted by atomic mass is 10.0. The van der Waals surface area contributed by atoms with E-state index in [1.54, 1.807) is 6.07 Å². The van der Waals surface area contributed by atoms with Crippen LogP contribution in [0.25, 0.3) is 22.5 Å². The van der Waals surface area contributed by atoms with Crippen molar-refractivity contribution in [2.24, 2.45) is 5.73 Å². The summed E-state index contributed by atoms with van der Waals surface area (Å²) in [5.74, 6) is -0.468. The number of benzene rings is 2. The monoisotopic (exact) mass is 498 g/mol. The van der Waals surface area contributed by atoms with Crippen LogP contribution >= 0.6 is 0 Å². The van der Waals surface area contributed by atoms with Gasteiger partial charge in [0.1, 0.15) is 0 Å². The molecule has 2 aliphatic heterocycles. The van der Waals surface area contributed by atoms with Gasteiger partial charge in [-0.1, -0.05) is 30.3 Å². The van der Waals surface area contributed by atoms with Gasteiger partial charge in [-0.15, -0.1) is 0 Å². The maximum absolute atomic E-state index is 13.0. The number of primary amides is 1. The van der Waals surface area contributed by atoms with E-state index < -0.39 is 5.91 Å². The molecule has 0 atom stereocenters. The predicted molar refractivity (Wildman–Crippen MR) is 139 cm³/mol. The van der Waals surface area contributed by atoms with Crippen LogP contribution in [0.2, 0.25) is 0 Å². The van der Waals surface area contributed by atoms with Gasteiger partial charge < -0.3 is 20.1 Å². The Labute approximate surface area is 216 Å². The van der Waals surface area contributed by atoms with Crippen LogP contribution in [0.1, 0.15) is 37.4 Å². The molecule has 37 heavy (non-hydrogen) atoms. The SMILES string of the molecule is NC(=O)c1cc(-c2ccc(CN3CCOCC3)cc2)nc2c1Cc1cc(C(=O)N3CCOCC3)ccc1-2. The Morgan fingerprint density at radius 1 is 0.892 bits per heavy atom. The number of pyridine rings is 1. The summed E-state index contributed by atoms with van der Waals surface area (Å²) in [6.07, 6.45) is 0.527. The standard InChI is InChI=1S/C29H30N4O4/c30-28(34)25-17-26(20-3-1-19(2-4-20)18-32-7-11-36-12-8-32)31-27-23-6-5-21(15-22(23)16-24(25)27)29(35)33-9-13-37-14-10-33/h1-6,15,17H,7-14,16,18H2,(H2,30,34). The number of amides is 2. The lowest BCUT2D eigenvalue weighted by Crippen LogP contribution is -2.40. The van der Waals surface area contributed by atoms with Crippen LogP contribution in [0.4, 0.5) is 0 Å². The third-order valence-corrected chi connectivity index (χ3v) is 7.42. The number of nitrogens with zero attached hydrogens (tertiary/aromatic N) is 3. The highest BCUT2D eigenvalue weighted by Gasteiger charge is 2.28. The highest BCUT2D eigenvalue weighted by atomic mass is 16.5. The molecule has 1 aliphatic carbocycles. The van der Waals surface area contributed by atoms with E-state index in [4.69, 9.17) is 20.2 Å². The summed E-state index contributed by atoms with van der Waals surface area (Å²) in [6, 6.07) is 15.8. The molecule has 8 nitrogen and oxygen atoms in total. The van der Waals surface area contributed by atoms with Gasteiger partial charge in [-0.2, -0.15) is 0 Å². The highest BCUT2D eigenvalue weighted by Crippen LogP contribution is 2.39. The smallest absolute Gasteiger partial charge is 0.254 e. The minimum Gasteiger partial charge on any atom is -0.379 e. The first-order valence-corrected chi connectivity index (χ1v) is 12.8. The van der Waals surface area contributed by atoms with Crippen LogP contribution < -0.4 is 5.73 Å². The van der Waals surface area contributed by atoms with Crippen LogP contribution in [0, 0.1) is 0 Å². The van der Waals surface area contributed by atoms with Gasteiger partial charge in [0, 0.05) is 61.4 Å². The zero-order chi connectivity index (χ0) is 25.4. The minimum atomic E-state index is -0.471. The molecule has 3 aliphatic rings. The molecule has 0 spiro atoms. The molecule has 2 saturated heterocycles. The molecule has 3 aromatic rings. The van der Waals surface area contributed by atoms with Crippen LogP contribution in [0.3, 0.4) is 0 Å². The maximum Gasteiger partial charge on any atom is 0.254 e. The quantitative estimate of drug-likeness (QED) is 0.454. The first-order valence-electron chi connectivity index (χ1n) is 12.8. The Bertz CT molecular complexity index is 1340. The van der Waals surface area contributed by atoms with E-state index in [-0.39, 0.29) is 5.91 Å². The molecule has 0 unspecified atom stereocenters. The number of carbonyl (C=O) groups excluding carboxylic acids is 2. The summed E-state index contributed by atoms with van der Waals surface area (Å²) in [4.78, 5) is 34.6. The number of morpholine rings is 2. The van der Waals surface area contributed by atoms with Crippen LogP contribution in [0.5, 0.6) is 0 Å². The van der Waals surface area contributed by atoms with Crippen LogP contribution in [-0.4, -0.2) is 79.2 Å². The average Bonchev–Trinajstić information content (AvgIpc) is 3.31. The predicted octanol–water partition coefficient (Wildman–Crippen LogP) is 2.72. The second kappa shape index (κ2) is 10.0. The molecule has 2 N–H and O–H groups in total. The van der Waals surface area contributed by atoms with Crippen molar-refractivity contribution in [3.63, 3.8) is 0 Å². The topological polar surface area (TPSA) is 98.0 Å². The van der Waals surface area contributed by atoms with Crippen molar-refractivity contribution in [2.75, 3.05) is 52.6 Å². The normalized spacial score (nSPS) is 17.4. The molecule has 190 valence electrons. The van der Waals surface area contributed by atoms with Gasteiger partial charge in [-0.25, -0.2) is 4.98 Å². The summed E-state index contributed by atoms with van der Waals surface area (Å²) in [6.45, 7) is 6.62. The molecular formula is C29H30N4O4. The first kappa shape index (κ1) is 23.8. The number of fused-ring (bicyclic) bond motifs is 3. The van der Waals surface area contributed by atoms with Crippen LogP contribution in [-0.2, 0) is 22.4 Å². The van der Waals surface area contributed by atoms with E-state index in [1.165, 1.54) is 5.56 Å². The lowest BCUT2D eigenvalue weighted by Gasteiger charge is -2.27. The largest absolute Gasteiger partial charge is 0.379 e. The van der Waals surface area contributed by atoms with Crippen molar-refractivity contribution in [2.45, 2.75) is 13.0 Å². The Balaban J connectivity index is 1.29. The molecule has 0 radical (unpaired) electrons. The molecule has 3 heterocycles. The van der Waals surface area contributed by atoms with Gasteiger partial charge in [0.25, 0.3) is 5.91 Å². The summed E-state index contributed by atoms with van der Waals surface area (Å²) >= 11 is 0. The summed E-state index contributed by atoms with van der Waals surface area (Å²) in [5.41, 5.74) is 13.3. The number of nitrogens with two attached hydrogens (primary N) is 1. The zero-order valence-electron chi connectivity index (χ0n) is 20.7. The fourth-order valence-corrected chi connectivity index (χ4v) is 5.38. The number of carbonyl (C=O) groups is 2. The van der Waals surface area contributed by atoms with E-state index in [1.807, 2.05) is 23.1 Å².